The summed E-state index contributed by atoms with van der Waals surface area (Å²) in [6, 6.07) is 0. The molecule has 0 aromatic heterocycles. The topological polar surface area (TPSA) is 40.5 Å². The Bertz CT molecular complexity index is 395. The number of unbranched alkanes of at least 4 members (excludes halogenated alkanes) is 15. The van der Waals surface area contributed by atoms with Crippen molar-refractivity contribution >= 4 is 17.2 Å². The van der Waals surface area contributed by atoms with Crippen LogP contribution in [0, 0.1) is 5.92 Å². The minimum atomic E-state index is -2.34. The molecule has 0 fully saturated rings. The predicted octanol–water partition coefficient (Wildman–Crippen LogP) is 9.38. The van der Waals surface area contributed by atoms with Gasteiger partial charge in [-0.2, -0.15) is 0 Å². The molecule has 0 saturated heterocycles. The van der Waals surface area contributed by atoms with E-state index in [9.17, 15) is 10.2 Å². The zero-order chi connectivity index (χ0) is 24.0. The molecule has 0 amide bonds. The fourth-order valence-corrected chi connectivity index (χ4v) is 13.3. The van der Waals surface area contributed by atoms with Crippen molar-refractivity contribution in [1.82, 2.24) is 0 Å². The molecule has 0 aromatic carbocycles. The second-order valence-electron chi connectivity index (χ2n) is 11.0. The molecule has 0 saturated carbocycles. The standard InChI is InChI=1S/C28H60ClO2P/c1-4-5-6-7-8-9-10-11-12-13-14-15-16-17-18-19-24-32(29,25-20-22-30,26-21-23-31)27-28(2)3/h28,30-31H,4-27H2,1-3H3. The average Bonchev–Trinajstić information content (AvgIpc) is 2.76. The predicted molar refractivity (Wildman–Crippen MR) is 150 cm³/mol. The molecule has 0 rings (SSSR count). The van der Waals surface area contributed by atoms with E-state index in [2.05, 4.69) is 20.8 Å². The summed E-state index contributed by atoms with van der Waals surface area (Å²) in [5, 5.41) is 18.9. The summed E-state index contributed by atoms with van der Waals surface area (Å²) in [6.07, 6.45) is 28.2. The Balaban J connectivity index is 3.90. The van der Waals surface area contributed by atoms with Gasteiger partial charge in [-0.25, -0.2) is 0 Å². The van der Waals surface area contributed by atoms with E-state index in [0.717, 1.165) is 37.5 Å². The van der Waals surface area contributed by atoms with Crippen molar-refractivity contribution in [2.45, 2.75) is 136 Å². The molecule has 0 radical (unpaired) electrons. The zero-order valence-electron chi connectivity index (χ0n) is 22.3. The van der Waals surface area contributed by atoms with Gasteiger partial charge in [-0.3, -0.25) is 0 Å². The van der Waals surface area contributed by atoms with Crippen LogP contribution in [0.2, 0.25) is 0 Å². The van der Waals surface area contributed by atoms with E-state index < -0.39 is 5.96 Å². The Kier molecular flexibility index (Phi) is 21.4. The summed E-state index contributed by atoms with van der Waals surface area (Å²) in [5.41, 5.74) is 0. The van der Waals surface area contributed by atoms with Gasteiger partial charge in [-0.1, -0.05) is 39.0 Å². The van der Waals surface area contributed by atoms with E-state index in [4.69, 9.17) is 11.2 Å². The van der Waals surface area contributed by atoms with Gasteiger partial charge in [0.05, 0.1) is 0 Å². The first-order chi connectivity index (χ1) is 15.4. The fraction of sp³-hybridized carbons (Fsp3) is 1.00. The summed E-state index contributed by atoms with van der Waals surface area (Å²) >= 11 is 7.52. The van der Waals surface area contributed by atoms with Gasteiger partial charge in [-0.05, 0) is 0 Å². The first-order valence-electron chi connectivity index (χ1n) is 14.3. The van der Waals surface area contributed by atoms with Crippen LogP contribution in [0.5, 0.6) is 0 Å². The fourth-order valence-electron chi connectivity index (χ4n) is 5.51. The van der Waals surface area contributed by atoms with E-state index in [1.165, 1.54) is 103 Å². The monoisotopic (exact) mass is 494 g/mol. The number of halogens is 1. The number of aliphatic hydroxyl groups excluding tert-OH is 2. The molecule has 0 aliphatic carbocycles. The normalized spacial score (nSPS) is 13.5. The summed E-state index contributed by atoms with van der Waals surface area (Å²) in [7, 11) is 0. The quantitative estimate of drug-likeness (QED) is 0.0979. The van der Waals surface area contributed by atoms with Crippen molar-refractivity contribution in [1.29, 1.82) is 0 Å². The van der Waals surface area contributed by atoms with Gasteiger partial charge in [0, 0.05) is 0 Å². The van der Waals surface area contributed by atoms with Crippen molar-refractivity contribution in [2.24, 2.45) is 5.92 Å². The van der Waals surface area contributed by atoms with Gasteiger partial charge in [-0.15, -0.1) is 0 Å². The molecular formula is C28H60ClO2P. The van der Waals surface area contributed by atoms with Gasteiger partial charge < -0.3 is 0 Å². The maximum absolute atomic E-state index is 9.43. The van der Waals surface area contributed by atoms with Crippen LogP contribution in [-0.2, 0) is 0 Å². The van der Waals surface area contributed by atoms with Crippen LogP contribution in [0.3, 0.4) is 0 Å². The number of rotatable bonds is 25. The number of hydrogen-bond acceptors (Lipinski definition) is 2. The van der Waals surface area contributed by atoms with Crippen LogP contribution < -0.4 is 0 Å². The molecule has 0 aromatic rings. The maximum atomic E-state index is 9.43. The van der Waals surface area contributed by atoms with Crippen LogP contribution in [0.4, 0.5) is 0 Å². The zero-order valence-corrected chi connectivity index (χ0v) is 23.9. The molecule has 0 bridgehead atoms. The summed E-state index contributed by atoms with van der Waals surface area (Å²) in [6.45, 7) is 7.31. The van der Waals surface area contributed by atoms with Gasteiger partial charge in [0.15, 0.2) is 0 Å². The first-order valence-corrected chi connectivity index (χ1v) is 18.2. The summed E-state index contributed by atoms with van der Waals surface area (Å²) in [5.74, 6) is -1.76. The second-order valence-corrected chi connectivity index (χ2v) is 19.2. The molecule has 0 unspecified atom stereocenters. The molecular weight excluding hydrogens is 435 g/mol. The Morgan fingerprint density at radius 1 is 0.531 bits per heavy atom. The van der Waals surface area contributed by atoms with Gasteiger partial charge in [0.2, 0.25) is 0 Å². The molecule has 2 nitrogen and oxygen atoms in total. The molecule has 0 atom stereocenters. The van der Waals surface area contributed by atoms with Crippen molar-refractivity contribution in [3.8, 4) is 0 Å². The van der Waals surface area contributed by atoms with Crippen LogP contribution in [0.25, 0.3) is 0 Å². The molecule has 0 aliphatic rings. The van der Waals surface area contributed by atoms with Crippen LogP contribution in [0.1, 0.15) is 136 Å². The van der Waals surface area contributed by atoms with E-state index in [0.29, 0.717) is 5.92 Å². The van der Waals surface area contributed by atoms with E-state index in [-0.39, 0.29) is 13.2 Å². The van der Waals surface area contributed by atoms with Crippen molar-refractivity contribution in [3.05, 3.63) is 0 Å². The third kappa shape index (κ3) is 18.0. The molecule has 4 heteroatoms. The van der Waals surface area contributed by atoms with Crippen LogP contribution in [0.15, 0.2) is 0 Å². The molecule has 0 heterocycles. The SMILES string of the molecule is CCCCCCCCCCCCCCCCCCP(Cl)(CCCO)(CCCO)CC(C)C. The molecule has 32 heavy (non-hydrogen) atoms. The molecule has 0 spiro atoms. The van der Waals surface area contributed by atoms with Crippen molar-refractivity contribution < 1.29 is 10.2 Å². The first kappa shape index (κ1) is 32.6. The number of aliphatic hydroxyl groups is 2. The molecule has 196 valence electrons. The van der Waals surface area contributed by atoms with Crippen LogP contribution in [-0.4, -0.2) is 48.1 Å². The summed E-state index contributed by atoms with van der Waals surface area (Å²) in [4.78, 5) is 0. The van der Waals surface area contributed by atoms with E-state index in [1.807, 2.05) is 0 Å². The van der Waals surface area contributed by atoms with Crippen molar-refractivity contribution in [2.75, 3.05) is 37.9 Å². The van der Waals surface area contributed by atoms with Crippen LogP contribution >= 0.6 is 17.2 Å². The Morgan fingerprint density at radius 3 is 1.16 bits per heavy atom. The van der Waals surface area contributed by atoms with Crippen molar-refractivity contribution in [3.63, 3.8) is 0 Å². The van der Waals surface area contributed by atoms with Gasteiger partial charge >= 0.3 is 169 Å². The Labute approximate surface area is 207 Å². The number of hydrogen-bond donors (Lipinski definition) is 2. The Hall–Kier alpha value is 0.640. The van der Waals surface area contributed by atoms with E-state index >= 15 is 0 Å². The van der Waals surface area contributed by atoms with E-state index in [1.54, 1.807) is 0 Å². The van der Waals surface area contributed by atoms with Gasteiger partial charge in [0.25, 0.3) is 0 Å². The molecule has 2 N–H and O–H groups in total. The third-order valence-corrected chi connectivity index (χ3v) is 15.0. The molecule has 0 aliphatic heterocycles. The minimum absolute atomic E-state index is 0.237. The summed E-state index contributed by atoms with van der Waals surface area (Å²) < 4.78 is 0. The second kappa shape index (κ2) is 21.0. The van der Waals surface area contributed by atoms with Gasteiger partial charge in [0.1, 0.15) is 0 Å². The third-order valence-electron chi connectivity index (χ3n) is 7.14. The Morgan fingerprint density at radius 2 is 0.844 bits per heavy atom. The average molecular weight is 495 g/mol.